The Balaban J connectivity index is 2.94. The molecule has 4 nitrogen and oxygen atoms in total. The molecule has 2 rings (SSSR count). The molecule has 0 spiro atoms. The van der Waals surface area contributed by atoms with Gasteiger partial charge in [0.05, 0.1) is 11.0 Å². The highest BCUT2D eigenvalue weighted by molar-refractivity contribution is 6.38. The average molecular weight is 172 g/mol. The number of fused-ring (bicyclic) bond motifs is 1. The Kier molecular flexibility index (Phi) is 1.48. The highest BCUT2D eigenvalue weighted by atomic mass is 15.3. The topological polar surface area (TPSA) is 69.9 Å². The lowest BCUT2D eigenvalue weighted by Gasteiger charge is -2.00. The van der Waals surface area contributed by atoms with Crippen LogP contribution in [0.1, 0.15) is 5.82 Å². The molecule has 0 saturated heterocycles. The number of aromatic nitrogens is 2. The van der Waals surface area contributed by atoms with Crippen molar-refractivity contribution in [2.24, 2.45) is 0 Å². The van der Waals surface area contributed by atoms with Crippen molar-refractivity contribution in [3.8, 4) is 0 Å². The van der Waals surface area contributed by atoms with Crippen molar-refractivity contribution in [3.63, 3.8) is 0 Å². The molecule has 4 N–H and O–H groups in total. The summed E-state index contributed by atoms with van der Waals surface area (Å²) in [6.45, 7) is 1.82. The molecule has 0 saturated carbocycles. The van der Waals surface area contributed by atoms with E-state index in [1.54, 1.807) is 12.1 Å². The Morgan fingerprint density at radius 1 is 1.46 bits per heavy atom. The van der Waals surface area contributed by atoms with Gasteiger partial charge in [-0.2, -0.15) is 0 Å². The first-order valence-corrected chi connectivity index (χ1v) is 3.88. The highest BCUT2D eigenvalue weighted by Crippen LogP contribution is 2.13. The molecule has 1 aromatic heterocycles. The van der Waals surface area contributed by atoms with E-state index in [4.69, 9.17) is 19.4 Å². The van der Waals surface area contributed by atoms with Crippen molar-refractivity contribution in [3.05, 3.63) is 18.0 Å². The molecule has 0 unspecified atom stereocenters. The number of benzene rings is 1. The molecule has 0 aliphatic carbocycles. The van der Waals surface area contributed by atoms with E-state index in [0.29, 0.717) is 22.5 Å². The molecule has 64 valence electrons. The van der Waals surface area contributed by atoms with Crippen LogP contribution in [0.5, 0.6) is 0 Å². The van der Waals surface area contributed by atoms with Gasteiger partial charge in [0.2, 0.25) is 0 Å². The Bertz CT molecular complexity index is 474. The van der Waals surface area contributed by atoms with Crippen LogP contribution in [0.3, 0.4) is 0 Å². The predicted molar refractivity (Wildman–Crippen MR) is 54.4 cm³/mol. The monoisotopic (exact) mass is 172 g/mol. The highest BCUT2D eigenvalue weighted by Gasteiger charge is 2.06. The summed E-state index contributed by atoms with van der Waals surface area (Å²) in [6.07, 6.45) is 0. The maximum Gasteiger partial charge on any atom is 0.125 e. The van der Waals surface area contributed by atoms with E-state index in [1.165, 1.54) is 4.68 Å². The van der Waals surface area contributed by atoms with Crippen LogP contribution in [0.4, 0.5) is 5.69 Å². The number of nitrogens with two attached hydrogens (primary N) is 2. The number of aryl methyl sites for hydroxylation is 1. The van der Waals surface area contributed by atoms with E-state index >= 15 is 0 Å². The molecule has 2 aromatic rings. The number of hydrogen-bond acceptors (Lipinski definition) is 3. The molecule has 5 heteroatoms. The van der Waals surface area contributed by atoms with Crippen LogP contribution in [0.2, 0.25) is 0 Å². The zero-order chi connectivity index (χ0) is 9.59. The Morgan fingerprint density at radius 2 is 2.15 bits per heavy atom. The third kappa shape index (κ3) is 1.04. The zero-order valence-corrected chi connectivity index (χ0v) is 7.28. The van der Waals surface area contributed by atoms with Crippen LogP contribution in [0.15, 0.2) is 12.1 Å². The van der Waals surface area contributed by atoms with Gasteiger partial charge < -0.3 is 11.6 Å². The summed E-state index contributed by atoms with van der Waals surface area (Å²) in [6, 6.07) is 3.43. The van der Waals surface area contributed by atoms with Crippen LogP contribution < -0.4 is 17.0 Å². The summed E-state index contributed by atoms with van der Waals surface area (Å²) < 4.78 is 1.47. The quantitative estimate of drug-likeness (QED) is 0.317. The molecule has 0 atom stereocenters. The SMILES string of the molecule is [B]c1cc(N)cc2c1nc(C)n2N. The minimum atomic E-state index is 0.558. The van der Waals surface area contributed by atoms with E-state index < -0.39 is 0 Å². The van der Waals surface area contributed by atoms with Crippen molar-refractivity contribution in [2.45, 2.75) is 6.92 Å². The van der Waals surface area contributed by atoms with E-state index in [0.717, 1.165) is 5.52 Å². The van der Waals surface area contributed by atoms with Crippen molar-refractivity contribution in [1.29, 1.82) is 0 Å². The van der Waals surface area contributed by atoms with Crippen molar-refractivity contribution >= 4 is 30.0 Å². The fourth-order valence-electron chi connectivity index (χ4n) is 1.36. The van der Waals surface area contributed by atoms with Crippen LogP contribution in [0.25, 0.3) is 11.0 Å². The predicted octanol–water partition coefficient (Wildman–Crippen LogP) is -0.565. The molecule has 2 radical (unpaired) electrons. The lowest BCUT2D eigenvalue weighted by atomic mass is 9.94. The fraction of sp³-hybridized carbons (Fsp3) is 0.125. The second-order valence-corrected chi connectivity index (χ2v) is 3.01. The lowest BCUT2D eigenvalue weighted by Crippen LogP contribution is -2.11. The standard InChI is InChI=1S/C8H9BN4/c1-4-12-8-6(9)2-5(10)3-7(8)13(4)11/h2-3H,10-11H2,1H3. The second-order valence-electron chi connectivity index (χ2n) is 3.01. The van der Waals surface area contributed by atoms with Gasteiger partial charge >= 0.3 is 0 Å². The molecule has 13 heavy (non-hydrogen) atoms. The number of hydrogen-bond donors (Lipinski definition) is 2. The van der Waals surface area contributed by atoms with E-state index in [1.807, 2.05) is 6.92 Å². The maximum absolute atomic E-state index is 5.73. The summed E-state index contributed by atoms with van der Waals surface area (Å²) in [5.41, 5.74) is 8.24. The Morgan fingerprint density at radius 3 is 2.85 bits per heavy atom. The van der Waals surface area contributed by atoms with Gasteiger partial charge in [-0.05, 0) is 19.1 Å². The largest absolute Gasteiger partial charge is 0.399 e. The summed E-state index contributed by atoms with van der Waals surface area (Å²) in [5.74, 6) is 6.43. The molecule has 1 heterocycles. The van der Waals surface area contributed by atoms with Gasteiger partial charge in [0, 0.05) is 5.69 Å². The summed E-state index contributed by atoms with van der Waals surface area (Å²) in [4.78, 5) is 4.21. The Hall–Kier alpha value is -1.65. The van der Waals surface area contributed by atoms with E-state index in [9.17, 15) is 0 Å². The number of nitrogens with zero attached hydrogens (tertiary/aromatic N) is 2. The molecule has 0 bridgehead atoms. The average Bonchev–Trinajstić information content (AvgIpc) is 2.32. The Labute approximate surface area is 76.9 Å². The maximum atomic E-state index is 5.73. The van der Waals surface area contributed by atoms with Crippen LogP contribution in [-0.4, -0.2) is 17.5 Å². The molecule has 0 fully saturated rings. The molecular formula is C8H9BN4. The van der Waals surface area contributed by atoms with Gasteiger partial charge in [0.25, 0.3) is 0 Å². The van der Waals surface area contributed by atoms with Crippen molar-refractivity contribution in [2.75, 3.05) is 11.6 Å². The summed E-state index contributed by atoms with van der Waals surface area (Å²) >= 11 is 0. The number of rotatable bonds is 0. The van der Waals surface area contributed by atoms with Crippen LogP contribution >= 0.6 is 0 Å². The van der Waals surface area contributed by atoms with Gasteiger partial charge in [0.15, 0.2) is 0 Å². The van der Waals surface area contributed by atoms with E-state index in [-0.39, 0.29) is 0 Å². The smallest absolute Gasteiger partial charge is 0.125 e. The number of imidazole rings is 1. The molecule has 1 aromatic carbocycles. The third-order valence-corrected chi connectivity index (χ3v) is 2.02. The van der Waals surface area contributed by atoms with Gasteiger partial charge in [-0.3, -0.25) is 0 Å². The summed E-state index contributed by atoms with van der Waals surface area (Å²) in [7, 11) is 5.73. The first-order valence-electron chi connectivity index (χ1n) is 3.88. The molecule has 0 aliphatic rings. The number of nitrogen functional groups attached to an aromatic ring is 2. The van der Waals surface area contributed by atoms with Gasteiger partial charge in [-0.1, -0.05) is 5.46 Å². The lowest BCUT2D eigenvalue weighted by molar-refractivity contribution is 0.956. The van der Waals surface area contributed by atoms with E-state index in [2.05, 4.69) is 4.98 Å². The van der Waals surface area contributed by atoms with Gasteiger partial charge in [0.1, 0.15) is 13.7 Å². The molecule has 0 aliphatic heterocycles. The fourth-order valence-corrected chi connectivity index (χ4v) is 1.36. The second kappa shape index (κ2) is 2.42. The van der Waals surface area contributed by atoms with Crippen LogP contribution in [-0.2, 0) is 0 Å². The van der Waals surface area contributed by atoms with Gasteiger partial charge in [-0.15, -0.1) is 0 Å². The molecule has 0 amide bonds. The minimum Gasteiger partial charge on any atom is -0.399 e. The zero-order valence-electron chi connectivity index (χ0n) is 7.28. The van der Waals surface area contributed by atoms with Crippen molar-refractivity contribution in [1.82, 2.24) is 9.66 Å². The van der Waals surface area contributed by atoms with Crippen LogP contribution in [0, 0.1) is 6.92 Å². The first kappa shape index (κ1) is 7.98. The first-order chi connectivity index (χ1) is 6.09. The van der Waals surface area contributed by atoms with Gasteiger partial charge in [-0.25, -0.2) is 9.66 Å². The van der Waals surface area contributed by atoms with Crippen molar-refractivity contribution < 1.29 is 0 Å². The third-order valence-electron chi connectivity index (χ3n) is 2.02. The summed E-state index contributed by atoms with van der Waals surface area (Å²) in [5, 5.41) is 0. The number of anilines is 1. The minimum absolute atomic E-state index is 0.558. The normalized spacial score (nSPS) is 10.8. The molecular weight excluding hydrogens is 163 g/mol.